The van der Waals surface area contributed by atoms with Crippen LogP contribution in [0, 0.1) is 0 Å². The SMILES string of the molecule is CN(C)CCNC(=O)c1cc(Nc2cccc3cccnc23)ncn1. The number of pyridine rings is 1. The highest BCUT2D eigenvalue weighted by Crippen LogP contribution is 2.23. The van der Waals surface area contributed by atoms with Gasteiger partial charge < -0.3 is 15.5 Å². The van der Waals surface area contributed by atoms with Gasteiger partial charge in [0.1, 0.15) is 17.8 Å². The average molecular weight is 336 g/mol. The van der Waals surface area contributed by atoms with Crippen LogP contribution >= 0.6 is 0 Å². The molecule has 128 valence electrons. The van der Waals surface area contributed by atoms with Crippen LogP contribution in [-0.4, -0.2) is 52.9 Å². The lowest BCUT2D eigenvalue weighted by Gasteiger charge is -2.11. The highest BCUT2D eigenvalue weighted by atomic mass is 16.1. The van der Waals surface area contributed by atoms with Gasteiger partial charge in [0.25, 0.3) is 5.91 Å². The van der Waals surface area contributed by atoms with Crippen molar-refractivity contribution in [1.82, 2.24) is 25.2 Å². The van der Waals surface area contributed by atoms with E-state index in [1.807, 2.05) is 49.3 Å². The topological polar surface area (TPSA) is 83.0 Å². The van der Waals surface area contributed by atoms with Gasteiger partial charge in [-0.25, -0.2) is 9.97 Å². The van der Waals surface area contributed by atoms with E-state index in [0.29, 0.717) is 18.1 Å². The molecule has 0 unspecified atom stereocenters. The molecule has 0 aliphatic heterocycles. The zero-order valence-electron chi connectivity index (χ0n) is 14.2. The molecule has 0 fully saturated rings. The molecule has 7 heteroatoms. The Morgan fingerprint density at radius 3 is 2.80 bits per heavy atom. The van der Waals surface area contributed by atoms with Crippen LogP contribution in [0.2, 0.25) is 0 Å². The molecule has 3 rings (SSSR count). The molecule has 0 aliphatic carbocycles. The normalized spacial score (nSPS) is 10.8. The van der Waals surface area contributed by atoms with Crippen LogP contribution in [0.5, 0.6) is 0 Å². The van der Waals surface area contributed by atoms with Crippen molar-refractivity contribution in [3.63, 3.8) is 0 Å². The molecule has 1 amide bonds. The molecule has 0 aliphatic rings. The van der Waals surface area contributed by atoms with Gasteiger partial charge in [-0.05, 0) is 26.2 Å². The summed E-state index contributed by atoms with van der Waals surface area (Å²) in [4.78, 5) is 26.8. The van der Waals surface area contributed by atoms with Gasteiger partial charge in [0.15, 0.2) is 0 Å². The Hall–Kier alpha value is -3.06. The number of nitrogens with one attached hydrogen (secondary N) is 2. The maximum Gasteiger partial charge on any atom is 0.270 e. The number of likely N-dealkylation sites (N-methyl/N-ethyl adjacent to an activating group) is 1. The van der Waals surface area contributed by atoms with Crippen LogP contribution in [0.3, 0.4) is 0 Å². The lowest BCUT2D eigenvalue weighted by Crippen LogP contribution is -2.31. The fraction of sp³-hybridized carbons (Fsp3) is 0.222. The summed E-state index contributed by atoms with van der Waals surface area (Å²) in [5.41, 5.74) is 2.00. The predicted molar refractivity (Wildman–Crippen MR) is 97.9 cm³/mol. The largest absolute Gasteiger partial charge is 0.349 e. The highest BCUT2D eigenvalue weighted by Gasteiger charge is 2.09. The fourth-order valence-corrected chi connectivity index (χ4v) is 2.38. The monoisotopic (exact) mass is 336 g/mol. The Labute approximate surface area is 146 Å². The molecule has 2 N–H and O–H groups in total. The van der Waals surface area contributed by atoms with Gasteiger partial charge in [-0.15, -0.1) is 0 Å². The summed E-state index contributed by atoms with van der Waals surface area (Å²) in [7, 11) is 3.91. The first kappa shape index (κ1) is 16.8. The van der Waals surface area contributed by atoms with E-state index < -0.39 is 0 Å². The van der Waals surface area contributed by atoms with Crippen molar-refractivity contribution in [1.29, 1.82) is 0 Å². The van der Waals surface area contributed by atoms with E-state index in [9.17, 15) is 4.79 Å². The molecule has 2 aromatic heterocycles. The highest BCUT2D eigenvalue weighted by molar-refractivity contribution is 5.94. The van der Waals surface area contributed by atoms with E-state index in [2.05, 4.69) is 25.6 Å². The summed E-state index contributed by atoms with van der Waals surface area (Å²) in [6, 6.07) is 11.4. The summed E-state index contributed by atoms with van der Waals surface area (Å²) < 4.78 is 0. The zero-order valence-corrected chi connectivity index (χ0v) is 14.2. The van der Waals surface area contributed by atoms with E-state index >= 15 is 0 Å². The standard InChI is InChI=1S/C18H20N6O/c1-24(2)10-9-20-18(25)15-11-16(22-12-21-15)23-14-7-3-5-13-6-4-8-19-17(13)14/h3-8,11-12H,9-10H2,1-2H3,(H,20,25)(H,21,22,23). The molecule has 2 heterocycles. The minimum atomic E-state index is -0.219. The van der Waals surface area contributed by atoms with Gasteiger partial charge in [-0.3, -0.25) is 9.78 Å². The van der Waals surface area contributed by atoms with Gasteiger partial charge in [-0.1, -0.05) is 18.2 Å². The first-order valence-corrected chi connectivity index (χ1v) is 7.99. The quantitative estimate of drug-likeness (QED) is 0.717. The number of carbonyl (C=O) groups is 1. The van der Waals surface area contributed by atoms with Gasteiger partial charge >= 0.3 is 0 Å². The first-order valence-electron chi connectivity index (χ1n) is 7.99. The Morgan fingerprint density at radius 2 is 1.96 bits per heavy atom. The van der Waals surface area contributed by atoms with Crippen LogP contribution in [-0.2, 0) is 0 Å². The van der Waals surface area contributed by atoms with Crippen molar-refractivity contribution in [2.75, 3.05) is 32.5 Å². The van der Waals surface area contributed by atoms with Crippen LogP contribution in [0.1, 0.15) is 10.5 Å². The smallest absolute Gasteiger partial charge is 0.270 e. The maximum absolute atomic E-state index is 12.2. The van der Waals surface area contributed by atoms with Crippen molar-refractivity contribution in [3.05, 3.63) is 54.6 Å². The summed E-state index contributed by atoms with van der Waals surface area (Å²) >= 11 is 0. The first-order chi connectivity index (χ1) is 12.1. The number of anilines is 2. The van der Waals surface area contributed by atoms with Crippen molar-refractivity contribution in [3.8, 4) is 0 Å². The second kappa shape index (κ2) is 7.67. The zero-order chi connectivity index (χ0) is 17.6. The molecule has 25 heavy (non-hydrogen) atoms. The molecule has 0 saturated carbocycles. The third-order valence-corrected chi connectivity index (χ3v) is 3.64. The molecular weight excluding hydrogens is 316 g/mol. The number of amides is 1. The summed E-state index contributed by atoms with van der Waals surface area (Å²) in [6.07, 6.45) is 3.12. The summed E-state index contributed by atoms with van der Waals surface area (Å²) in [6.45, 7) is 1.33. The van der Waals surface area contributed by atoms with E-state index in [4.69, 9.17) is 0 Å². The number of carbonyl (C=O) groups excluding carboxylic acids is 1. The molecule has 0 radical (unpaired) electrons. The minimum absolute atomic E-state index is 0.219. The number of fused-ring (bicyclic) bond motifs is 1. The van der Waals surface area contributed by atoms with E-state index in [-0.39, 0.29) is 5.91 Å². The molecular formula is C18H20N6O. The van der Waals surface area contributed by atoms with Gasteiger partial charge in [0.2, 0.25) is 0 Å². The lowest BCUT2D eigenvalue weighted by atomic mass is 10.2. The Balaban J connectivity index is 1.76. The second-order valence-corrected chi connectivity index (χ2v) is 5.85. The van der Waals surface area contributed by atoms with E-state index in [0.717, 1.165) is 23.1 Å². The van der Waals surface area contributed by atoms with Crippen LogP contribution in [0.15, 0.2) is 48.9 Å². The predicted octanol–water partition coefficient (Wildman–Crippen LogP) is 2.06. The van der Waals surface area contributed by atoms with Crippen molar-refractivity contribution in [2.45, 2.75) is 0 Å². The minimum Gasteiger partial charge on any atom is -0.349 e. The van der Waals surface area contributed by atoms with E-state index in [1.165, 1.54) is 6.33 Å². The van der Waals surface area contributed by atoms with Crippen molar-refractivity contribution in [2.24, 2.45) is 0 Å². The number of hydrogen-bond acceptors (Lipinski definition) is 6. The summed E-state index contributed by atoms with van der Waals surface area (Å²) in [5, 5.41) is 7.09. The van der Waals surface area contributed by atoms with Crippen molar-refractivity contribution >= 4 is 28.3 Å². The number of para-hydroxylation sites is 1. The van der Waals surface area contributed by atoms with Crippen LogP contribution < -0.4 is 10.6 Å². The average Bonchev–Trinajstić information content (AvgIpc) is 2.62. The molecule has 0 spiro atoms. The van der Waals surface area contributed by atoms with E-state index in [1.54, 1.807) is 12.3 Å². The molecule has 1 aromatic carbocycles. The van der Waals surface area contributed by atoms with Crippen LogP contribution in [0.25, 0.3) is 10.9 Å². The third-order valence-electron chi connectivity index (χ3n) is 3.64. The molecule has 0 atom stereocenters. The number of benzene rings is 1. The van der Waals surface area contributed by atoms with Crippen molar-refractivity contribution < 1.29 is 4.79 Å². The van der Waals surface area contributed by atoms with Crippen LogP contribution in [0.4, 0.5) is 11.5 Å². The maximum atomic E-state index is 12.2. The van der Waals surface area contributed by atoms with Gasteiger partial charge in [-0.2, -0.15) is 0 Å². The molecule has 0 saturated heterocycles. The Morgan fingerprint density at radius 1 is 1.12 bits per heavy atom. The Kier molecular flexibility index (Phi) is 5.15. The number of aromatic nitrogens is 3. The Bertz CT molecular complexity index is 875. The molecule has 7 nitrogen and oxygen atoms in total. The molecule has 3 aromatic rings. The molecule has 0 bridgehead atoms. The number of hydrogen-bond donors (Lipinski definition) is 2. The lowest BCUT2D eigenvalue weighted by molar-refractivity contribution is 0.0946. The number of rotatable bonds is 6. The second-order valence-electron chi connectivity index (χ2n) is 5.85. The third kappa shape index (κ3) is 4.27. The summed E-state index contributed by atoms with van der Waals surface area (Å²) in [5.74, 6) is 0.328. The van der Waals surface area contributed by atoms with Gasteiger partial charge in [0, 0.05) is 30.7 Å². The number of nitrogens with zero attached hydrogens (tertiary/aromatic N) is 4. The fourth-order valence-electron chi connectivity index (χ4n) is 2.38. The van der Waals surface area contributed by atoms with Gasteiger partial charge in [0.05, 0.1) is 11.2 Å².